The fraction of sp³-hybridized carbons (Fsp3) is 0.353. The monoisotopic (exact) mass is 254 g/mol. The Morgan fingerprint density at radius 1 is 0.947 bits per heavy atom. The standard InChI is InChI=1S/C17H22N2/c1-4-13(2)14-5-7-15(8-6-14)17(18-3)16-9-11-19-12-10-16/h5-13,17-18H,4H2,1-3H3. The molecule has 1 N–H and O–H groups in total. The second-order valence-corrected chi connectivity index (χ2v) is 4.98. The molecule has 1 heterocycles. The van der Waals surface area contributed by atoms with Gasteiger partial charge in [-0.15, -0.1) is 0 Å². The maximum absolute atomic E-state index is 4.08. The minimum Gasteiger partial charge on any atom is -0.309 e. The van der Waals surface area contributed by atoms with Gasteiger partial charge < -0.3 is 5.32 Å². The zero-order valence-corrected chi connectivity index (χ0v) is 11.9. The molecule has 2 heteroatoms. The van der Waals surface area contributed by atoms with Gasteiger partial charge in [0.05, 0.1) is 6.04 Å². The molecule has 0 spiro atoms. The molecular formula is C17H22N2. The van der Waals surface area contributed by atoms with Crippen molar-refractivity contribution in [2.45, 2.75) is 32.2 Å². The van der Waals surface area contributed by atoms with E-state index in [4.69, 9.17) is 0 Å². The van der Waals surface area contributed by atoms with E-state index < -0.39 is 0 Å². The Balaban J connectivity index is 2.25. The van der Waals surface area contributed by atoms with Gasteiger partial charge in [-0.2, -0.15) is 0 Å². The number of hydrogen-bond acceptors (Lipinski definition) is 2. The van der Waals surface area contributed by atoms with Crippen molar-refractivity contribution >= 4 is 0 Å². The van der Waals surface area contributed by atoms with Crippen LogP contribution in [0.2, 0.25) is 0 Å². The van der Waals surface area contributed by atoms with Gasteiger partial charge >= 0.3 is 0 Å². The van der Waals surface area contributed by atoms with Crippen LogP contribution in [0, 0.1) is 0 Å². The number of benzene rings is 1. The molecular weight excluding hydrogens is 232 g/mol. The summed E-state index contributed by atoms with van der Waals surface area (Å²) in [5, 5.41) is 3.37. The van der Waals surface area contributed by atoms with E-state index in [0.29, 0.717) is 5.92 Å². The van der Waals surface area contributed by atoms with Gasteiger partial charge in [-0.25, -0.2) is 0 Å². The van der Waals surface area contributed by atoms with Gasteiger partial charge in [0.1, 0.15) is 0 Å². The average molecular weight is 254 g/mol. The molecule has 0 aliphatic heterocycles. The van der Waals surface area contributed by atoms with Crippen molar-refractivity contribution in [2.75, 3.05) is 7.05 Å². The summed E-state index contributed by atoms with van der Waals surface area (Å²) in [5.74, 6) is 0.628. The van der Waals surface area contributed by atoms with Crippen molar-refractivity contribution in [3.63, 3.8) is 0 Å². The summed E-state index contributed by atoms with van der Waals surface area (Å²) in [5.41, 5.74) is 3.95. The normalized spacial score (nSPS) is 14.1. The molecule has 2 atom stereocenters. The second kappa shape index (κ2) is 6.48. The van der Waals surface area contributed by atoms with E-state index in [2.05, 4.69) is 60.5 Å². The molecule has 0 amide bonds. The Hall–Kier alpha value is -1.67. The maximum atomic E-state index is 4.08. The van der Waals surface area contributed by atoms with Crippen LogP contribution in [0.25, 0.3) is 0 Å². The molecule has 0 aliphatic rings. The van der Waals surface area contributed by atoms with Crippen LogP contribution in [0.3, 0.4) is 0 Å². The first-order valence-corrected chi connectivity index (χ1v) is 6.93. The molecule has 0 aliphatic carbocycles. The summed E-state index contributed by atoms with van der Waals surface area (Å²) in [6, 6.07) is 13.3. The molecule has 2 aromatic rings. The van der Waals surface area contributed by atoms with Crippen LogP contribution in [-0.2, 0) is 0 Å². The number of hydrogen-bond donors (Lipinski definition) is 1. The summed E-state index contributed by atoms with van der Waals surface area (Å²) in [7, 11) is 1.99. The van der Waals surface area contributed by atoms with E-state index in [-0.39, 0.29) is 6.04 Å². The van der Waals surface area contributed by atoms with Gasteiger partial charge in [0, 0.05) is 12.4 Å². The molecule has 100 valence electrons. The fourth-order valence-electron chi connectivity index (χ4n) is 2.33. The molecule has 1 aromatic carbocycles. The van der Waals surface area contributed by atoms with Gasteiger partial charge in [0.2, 0.25) is 0 Å². The lowest BCUT2D eigenvalue weighted by Gasteiger charge is -2.18. The highest BCUT2D eigenvalue weighted by Gasteiger charge is 2.12. The number of nitrogens with zero attached hydrogens (tertiary/aromatic N) is 1. The molecule has 2 rings (SSSR count). The van der Waals surface area contributed by atoms with E-state index in [1.807, 2.05) is 19.4 Å². The van der Waals surface area contributed by atoms with Crippen LogP contribution >= 0.6 is 0 Å². The van der Waals surface area contributed by atoms with Crippen LogP contribution < -0.4 is 5.32 Å². The van der Waals surface area contributed by atoms with Gasteiger partial charge in [-0.1, -0.05) is 38.1 Å². The summed E-state index contributed by atoms with van der Waals surface area (Å²) < 4.78 is 0. The van der Waals surface area contributed by atoms with Crippen LogP contribution in [0.1, 0.15) is 48.9 Å². The highest BCUT2D eigenvalue weighted by Crippen LogP contribution is 2.24. The van der Waals surface area contributed by atoms with Crippen molar-refractivity contribution in [3.8, 4) is 0 Å². The first-order chi connectivity index (χ1) is 9.26. The average Bonchev–Trinajstić information content (AvgIpc) is 2.49. The maximum Gasteiger partial charge on any atom is 0.0575 e. The van der Waals surface area contributed by atoms with E-state index >= 15 is 0 Å². The fourth-order valence-corrected chi connectivity index (χ4v) is 2.33. The number of nitrogens with one attached hydrogen (secondary N) is 1. The zero-order valence-electron chi connectivity index (χ0n) is 11.9. The summed E-state index contributed by atoms with van der Waals surface area (Å²) in [6.45, 7) is 4.50. The zero-order chi connectivity index (χ0) is 13.7. The molecule has 2 nitrogen and oxygen atoms in total. The van der Waals surface area contributed by atoms with Crippen LogP contribution in [0.5, 0.6) is 0 Å². The third kappa shape index (κ3) is 3.21. The molecule has 1 aromatic heterocycles. The summed E-state index contributed by atoms with van der Waals surface area (Å²) in [6.07, 6.45) is 4.86. The minimum absolute atomic E-state index is 0.231. The Kier molecular flexibility index (Phi) is 4.69. The SMILES string of the molecule is CCC(C)c1ccc(C(NC)c2ccncc2)cc1. The first-order valence-electron chi connectivity index (χ1n) is 6.93. The molecule has 0 saturated carbocycles. The van der Waals surface area contributed by atoms with Crippen molar-refractivity contribution < 1.29 is 0 Å². The third-order valence-corrected chi connectivity index (χ3v) is 3.78. The van der Waals surface area contributed by atoms with Gasteiger partial charge in [0.25, 0.3) is 0 Å². The lowest BCUT2D eigenvalue weighted by Crippen LogP contribution is -2.17. The largest absolute Gasteiger partial charge is 0.309 e. The number of aromatic nitrogens is 1. The molecule has 2 unspecified atom stereocenters. The van der Waals surface area contributed by atoms with Crippen molar-refractivity contribution in [2.24, 2.45) is 0 Å². The highest BCUT2D eigenvalue weighted by molar-refractivity contribution is 5.33. The van der Waals surface area contributed by atoms with E-state index in [1.54, 1.807) is 0 Å². The summed E-state index contributed by atoms with van der Waals surface area (Å²) >= 11 is 0. The van der Waals surface area contributed by atoms with Gasteiger partial charge in [-0.05, 0) is 48.2 Å². The predicted octanol–water partition coefficient (Wildman–Crippen LogP) is 3.90. The first kappa shape index (κ1) is 13.8. The number of rotatable bonds is 5. The molecule has 0 radical (unpaired) electrons. The Labute approximate surface area is 115 Å². The lowest BCUT2D eigenvalue weighted by molar-refractivity contribution is 0.687. The number of pyridine rings is 1. The van der Waals surface area contributed by atoms with E-state index in [9.17, 15) is 0 Å². The minimum atomic E-state index is 0.231. The van der Waals surface area contributed by atoms with E-state index in [1.165, 1.54) is 23.1 Å². The molecule has 0 bridgehead atoms. The molecule has 0 fully saturated rings. The second-order valence-electron chi connectivity index (χ2n) is 4.98. The quantitative estimate of drug-likeness (QED) is 0.875. The van der Waals surface area contributed by atoms with Crippen molar-refractivity contribution in [1.82, 2.24) is 10.3 Å². The smallest absolute Gasteiger partial charge is 0.0575 e. The van der Waals surface area contributed by atoms with Crippen LogP contribution in [-0.4, -0.2) is 12.0 Å². The van der Waals surface area contributed by atoms with Gasteiger partial charge in [-0.3, -0.25) is 4.98 Å². The highest BCUT2D eigenvalue weighted by atomic mass is 14.9. The molecule has 0 saturated heterocycles. The summed E-state index contributed by atoms with van der Waals surface area (Å²) in [4.78, 5) is 4.08. The Bertz CT molecular complexity index is 490. The van der Waals surface area contributed by atoms with Crippen molar-refractivity contribution in [3.05, 3.63) is 65.5 Å². The van der Waals surface area contributed by atoms with Crippen LogP contribution in [0.15, 0.2) is 48.8 Å². The third-order valence-electron chi connectivity index (χ3n) is 3.78. The van der Waals surface area contributed by atoms with Crippen LogP contribution in [0.4, 0.5) is 0 Å². The molecule has 19 heavy (non-hydrogen) atoms. The topological polar surface area (TPSA) is 24.9 Å². The lowest BCUT2D eigenvalue weighted by atomic mass is 9.94. The Morgan fingerprint density at radius 3 is 2.00 bits per heavy atom. The Morgan fingerprint density at radius 2 is 1.47 bits per heavy atom. The van der Waals surface area contributed by atoms with Gasteiger partial charge in [0.15, 0.2) is 0 Å². The predicted molar refractivity (Wildman–Crippen MR) is 80.3 cm³/mol. The van der Waals surface area contributed by atoms with Crippen molar-refractivity contribution in [1.29, 1.82) is 0 Å². The van der Waals surface area contributed by atoms with E-state index in [0.717, 1.165) is 0 Å².